The van der Waals surface area contributed by atoms with E-state index in [-0.39, 0.29) is 17.6 Å². The van der Waals surface area contributed by atoms with Crippen LogP contribution in [0.4, 0.5) is 0 Å². The van der Waals surface area contributed by atoms with Crippen LogP contribution in [0.2, 0.25) is 0 Å². The number of hydrogen-bond donors (Lipinski definition) is 2. The van der Waals surface area contributed by atoms with E-state index in [0.717, 1.165) is 0 Å². The van der Waals surface area contributed by atoms with Gasteiger partial charge in [-0.25, -0.2) is 8.42 Å². The first-order valence-corrected chi connectivity index (χ1v) is 4.90. The van der Waals surface area contributed by atoms with Crippen LogP contribution in [0.25, 0.3) is 0 Å². The highest BCUT2D eigenvalue weighted by atomic mass is 35.5. The molecule has 0 heterocycles. The van der Waals surface area contributed by atoms with Crippen LogP contribution in [0.3, 0.4) is 0 Å². The van der Waals surface area contributed by atoms with Gasteiger partial charge in [0.05, 0.1) is 5.75 Å². The lowest BCUT2D eigenvalue weighted by Crippen LogP contribution is -2.26. The lowest BCUT2D eigenvalue weighted by Gasteiger charge is -2.05. The summed E-state index contributed by atoms with van der Waals surface area (Å²) in [7, 11) is -3.51. The number of sulfonamides is 1. The molecule has 0 aliphatic carbocycles. The van der Waals surface area contributed by atoms with Crippen LogP contribution in [-0.4, -0.2) is 25.3 Å². The van der Waals surface area contributed by atoms with Crippen LogP contribution in [-0.2, 0) is 10.0 Å². The van der Waals surface area contributed by atoms with Crippen molar-refractivity contribution in [3.63, 3.8) is 0 Å². The van der Waals surface area contributed by atoms with E-state index in [1.165, 1.54) is 4.89 Å². The third-order valence-electron chi connectivity index (χ3n) is 0.906. The monoisotopic (exact) mass is 187 g/mol. The van der Waals surface area contributed by atoms with Gasteiger partial charge < -0.3 is 5.21 Å². The van der Waals surface area contributed by atoms with E-state index in [2.05, 4.69) is 0 Å². The predicted octanol–water partition coefficient (Wildman–Crippen LogP) is 0.170. The molecule has 62 valence electrons. The Hall–Kier alpha value is 0.160. The van der Waals surface area contributed by atoms with Gasteiger partial charge in [0.2, 0.25) is 10.0 Å². The Bertz CT molecular complexity index is 179. The molecule has 0 aromatic rings. The van der Waals surface area contributed by atoms with Gasteiger partial charge in [0.15, 0.2) is 0 Å². The summed E-state index contributed by atoms with van der Waals surface area (Å²) in [5, 5.41) is 8.06. The Morgan fingerprint density at radius 3 is 2.50 bits per heavy atom. The largest absolute Gasteiger partial charge is 0.302 e. The Kier molecular flexibility index (Phi) is 4.19. The molecule has 0 rings (SSSR count). The van der Waals surface area contributed by atoms with Crippen molar-refractivity contribution in [2.75, 3.05) is 11.6 Å². The van der Waals surface area contributed by atoms with Gasteiger partial charge in [-0.15, -0.1) is 11.6 Å². The van der Waals surface area contributed by atoms with Crippen molar-refractivity contribution in [1.82, 2.24) is 4.89 Å². The van der Waals surface area contributed by atoms with Crippen LogP contribution in [0.5, 0.6) is 0 Å². The highest BCUT2D eigenvalue weighted by molar-refractivity contribution is 7.89. The van der Waals surface area contributed by atoms with Crippen LogP contribution in [0, 0.1) is 5.92 Å². The van der Waals surface area contributed by atoms with Crippen LogP contribution < -0.4 is 4.89 Å². The van der Waals surface area contributed by atoms with Crippen molar-refractivity contribution in [3.05, 3.63) is 0 Å². The van der Waals surface area contributed by atoms with Crippen molar-refractivity contribution in [2.24, 2.45) is 5.92 Å². The van der Waals surface area contributed by atoms with Crippen LogP contribution in [0.15, 0.2) is 0 Å². The van der Waals surface area contributed by atoms with Crippen LogP contribution in [0.1, 0.15) is 6.92 Å². The van der Waals surface area contributed by atoms with Gasteiger partial charge in [-0.1, -0.05) is 11.8 Å². The third-order valence-corrected chi connectivity index (χ3v) is 2.72. The zero-order valence-electron chi connectivity index (χ0n) is 5.54. The number of halogens is 1. The summed E-state index contributed by atoms with van der Waals surface area (Å²) in [6, 6.07) is 0. The molecule has 1 unspecified atom stereocenters. The van der Waals surface area contributed by atoms with Gasteiger partial charge in [-0.05, 0) is 5.92 Å². The molecule has 0 fully saturated rings. The minimum atomic E-state index is -3.51. The topological polar surface area (TPSA) is 66.4 Å². The van der Waals surface area contributed by atoms with E-state index in [9.17, 15) is 8.42 Å². The lowest BCUT2D eigenvalue weighted by molar-refractivity contribution is 0.242. The summed E-state index contributed by atoms with van der Waals surface area (Å²) in [5.41, 5.74) is 0. The van der Waals surface area contributed by atoms with E-state index in [1.54, 1.807) is 6.92 Å². The molecule has 0 aromatic carbocycles. The van der Waals surface area contributed by atoms with E-state index < -0.39 is 10.0 Å². The van der Waals surface area contributed by atoms with Crippen molar-refractivity contribution < 1.29 is 13.6 Å². The Labute approximate surface area is 65.2 Å². The van der Waals surface area contributed by atoms with Crippen LogP contribution >= 0.6 is 11.6 Å². The minimum Gasteiger partial charge on any atom is -0.302 e. The minimum absolute atomic E-state index is 0.146. The summed E-state index contributed by atoms with van der Waals surface area (Å²) in [6.45, 7) is 1.68. The van der Waals surface area contributed by atoms with Gasteiger partial charge in [0, 0.05) is 5.88 Å². The van der Waals surface area contributed by atoms with Gasteiger partial charge in [0.1, 0.15) is 0 Å². The van der Waals surface area contributed by atoms with E-state index in [1.807, 2.05) is 0 Å². The summed E-state index contributed by atoms with van der Waals surface area (Å²) in [5.74, 6) is -0.0280. The Morgan fingerprint density at radius 1 is 1.70 bits per heavy atom. The number of hydrogen-bond acceptors (Lipinski definition) is 3. The molecule has 0 aliphatic rings. The average Bonchev–Trinajstić information content (AvgIpc) is 1.87. The molecule has 0 radical (unpaired) electrons. The zero-order chi connectivity index (χ0) is 8.20. The maximum atomic E-state index is 10.5. The fourth-order valence-corrected chi connectivity index (χ4v) is 1.64. The molecule has 0 saturated heterocycles. The summed E-state index contributed by atoms with van der Waals surface area (Å²) in [4.78, 5) is 1.22. The predicted molar refractivity (Wildman–Crippen MR) is 38.6 cm³/mol. The smallest absolute Gasteiger partial charge is 0.233 e. The SMILES string of the molecule is CC(CCl)CS(=O)(=O)NO. The van der Waals surface area contributed by atoms with Crippen molar-refractivity contribution >= 4 is 21.6 Å². The molecule has 1 atom stereocenters. The van der Waals surface area contributed by atoms with E-state index in [4.69, 9.17) is 16.8 Å². The van der Waals surface area contributed by atoms with E-state index >= 15 is 0 Å². The highest BCUT2D eigenvalue weighted by Gasteiger charge is 2.12. The number of rotatable bonds is 4. The maximum absolute atomic E-state index is 10.5. The van der Waals surface area contributed by atoms with Gasteiger partial charge in [-0.2, -0.15) is 0 Å². The first kappa shape index (κ1) is 10.2. The molecule has 0 amide bonds. The van der Waals surface area contributed by atoms with Crippen molar-refractivity contribution in [1.29, 1.82) is 0 Å². The second kappa shape index (κ2) is 4.12. The molecule has 4 nitrogen and oxygen atoms in total. The van der Waals surface area contributed by atoms with E-state index in [0.29, 0.717) is 0 Å². The molecule has 6 heteroatoms. The average molecular weight is 188 g/mol. The molecular formula is C4H10ClNO3S. The molecule has 0 aromatic heterocycles. The molecular weight excluding hydrogens is 178 g/mol. The summed E-state index contributed by atoms with van der Waals surface area (Å²) in [6.07, 6.45) is 0. The molecule has 0 bridgehead atoms. The second-order valence-electron chi connectivity index (χ2n) is 2.13. The van der Waals surface area contributed by atoms with Gasteiger partial charge in [-0.3, -0.25) is 0 Å². The molecule has 2 N–H and O–H groups in total. The molecule has 0 spiro atoms. The molecule has 0 aliphatic heterocycles. The van der Waals surface area contributed by atoms with Crippen molar-refractivity contribution in [2.45, 2.75) is 6.92 Å². The first-order chi connectivity index (χ1) is 4.52. The van der Waals surface area contributed by atoms with Crippen molar-refractivity contribution in [3.8, 4) is 0 Å². The lowest BCUT2D eigenvalue weighted by atomic mass is 10.3. The fraction of sp³-hybridized carbons (Fsp3) is 1.00. The second-order valence-corrected chi connectivity index (χ2v) is 4.19. The molecule has 10 heavy (non-hydrogen) atoms. The third kappa shape index (κ3) is 4.05. The van der Waals surface area contributed by atoms with Gasteiger partial charge >= 0.3 is 0 Å². The Morgan fingerprint density at radius 2 is 2.20 bits per heavy atom. The maximum Gasteiger partial charge on any atom is 0.233 e. The quantitative estimate of drug-likeness (QED) is 0.487. The molecule has 0 saturated carbocycles. The number of alkyl halides is 1. The summed E-state index contributed by atoms with van der Waals surface area (Å²) >= 11 is 5.34. The highest BCUT2D eigenvalue weighted by Crippen LogP contribution is 2.00. The van der Waals surface area contributed by atoms with Gasteiger partial charge in [0.25, 0.3) is 0 Å². The Balaban J connectivity index is 3.90. The standard InChI is InChI=1S/C4H10ClNO3S/c1-4(2-5)3-10(8,9)6-7/h4,6-7H,2-3H2,1H3. The number of nitrogens with one attached hydrogen (secondary N) is 1. The summed E-state index contributed by atoms with van der Waals surface area (Å²) < 4.78 is 21.1. The zero-order valence-corrected chi connectivity index (χ0v) is 7.11. The first-order valence-electron chi connectivity index (χ1n) is 2.71. The fourth-order valence-electron chi connectivity index (χ4n) is 0.456. The normalized spacial score (nSPS) is 15.1.